The van der Waals surface area contributed by atoms with Gasteiger partial charge in [0.2, 0.25) is 0 Å². The van der Waals surface area contributed by atoms with Gasteiger partial charge in [0.1, 0.15) is 17.7 Å². The molecule has 1 aliphatic rings. The topological polar surface area (TPSA) is 95.3 Å². The molecule has 5 rings (SSSR count). The Labute approximate surface area is 206 Å². The van der Waals surface area contributed by atoms with Gasteiger partial charge >= 0.3 is 0 Å². The first-order valence-electron chi connectivity index (χ1n) is 11.7. The molecule has 4 aromatic rings. The lowest BCUT2D eigenvalue weighted by Gasteiger charge is -2.18. The Balaban J connectivity index is 1.66. The smallest absolute Gasteiger partial charge is 0.253 e. The van der Waals surface area contributed by atoms with E-state index in [2.05, 4.69) is 0 Å². The summed E-state index contributed by atoms with van der Waals surface area (Å²) in [6, 6.07) is 15.8. The van der Waals surface area contributed by atoms with Crippen LogP contribution in [-0.2, 0) is 6.54 Å². The fourth-order valence-electron chi connectivity index (χ4n) is 4.80. The van der Waals surface area contributed by atoms with Crippen LogP contribution < -0.4 is 5.73 Å². The van der Waals surface area contributed by atoms with Gasteiger partial charge in [0.25, 0.3) is 5.91 Å². The van der Waals surface area contributed by atoms with Gasteiger partial charge in [-0.25, -0.2) is 8.78 Å². The third kappa shape index (κ3) is 4.24. The molecule has 1 unspecified atom stereocenters. The number of carbonyl (C=O) groups is 1. The number of fused-ring (bicyclic) bond motifs is 1. The van der Waals surface area contributed by atoms with Gasteiger partial charge < -0.3 is 20.3 Å². The Bertz CT molecular complexity index is 1520. The number of hydrogen-bond donors (Lipinski definition) is 2. The molecular formula is C28H24F2N4O2. The van der Waals surface area contributed by atoms with Crippen molar-refractivity contribution in [1.82, 2.24) is 9.47 Å². The van der Waals surface area contributed by atoms with E-state index < -0.39 is 11.6 Å². The quantitative estimate of drug-likeness (QED) is 0.440. The van der Waals surface area contributed by atoms with E-state index in [0.29, 0.717) is 53.0 Å². The van der Waals surface area contributed by atoms with E-state index in [0.717, 1.165) is 11.8 Å². The SMILES string of the molecule is N#Cc1ccc(-c2cc(C(=O)N3CCC(N)C3)ccc2-c2cc3ccn(CCO)c3cc2F)cc1F. The Morgan fingerprint density at radius 2 is 1.89 bits per heavy atom. The first-order valence-corrected chi connectivity index (χ1v) is 11.7. The molecule has 0 spiro atoms. The maximum atomic E-state index is 15.5. The van der Waals surface area contributed by atoms with Crippen molar-refractivity contribution in [2.75, 3.05) is 19.7 Å². The average Bonchev–Trinajstić information content (AvgIpc) is 3.49. The van der Waals surface area contributed by atoms with Gasteiger partial charge in [-0.1, -0.05) is 12.1 Å². The van der Waals surface area contributed by atoms with Crippen LogP contribution in [0, 0.1) is 23.0 Å². The van der Waals surface area contributed by atoms with Crippen LogP contribution in [0.3, 0.4) is 0 Å². The van der Waals surface area contributed by atoms with Gasteiger partial charge in [0, 0.05) is 48.4 Å². The number of nitriles is 1. The van der Waals surface area contributed by atoms with Crippen LogP contribution in [0.25, 0.3) is 33.2 Å². The highest BCUT2D eigenvalue weighted by Gasteiger charge is 2.26. The van der Waals surface area contributed by atoms with Gasteiger partial charge in [-0.3, -0.25) is 4.79 Å². The average molecular weight is 487 g/mol. The number of hydrogen-bond acceptors (Lipinski definition) is 4. The van der Waals surface area contributed by atoms with Crippen molar-refractivity contribution in [3.63, 3.8) is 0 Å². The number of aliphatic hydroxyl groups is 1. The van der Waals surface area contributed by atoms with E-state index in [1.165, 1.54) is 18.2 Å². The summed E-state index contributed by atoms with van der Waals surface area (Å²) in [5, 5.41) is 19.2. The fraction of sp³-hybridized carbons (Fsp3) is 0.214. The van der Waals surface area contributed by atoms with Crippen molar-refractivity contribution in [2.24, 2.45) is 5.73 Å². The predicted molar refractivity (Wildman–Crippen MR) is 133 cm³/mol. The third-order valence-corrected chi connectivity index (χ3v) is 6.67. The van der Waals surface area contributed by atoms with Crippen LogP contribution in [0.5, 0.6) is 0 Å². The van der Waals surface area contributed by atoms with Crippen molar-refractivity contribution in [1.29, 1.82) is 5.26 Å². The van der Waals surface area contributed by atoms with Crippen LogP contribution >= 0.6 is 0 Å². The van der Waals surface area contributed by atoms with E-state index in [1.54, 1.807) is 52.1 Å². The molecule has 36 heavy (non-hydrogen) atoms. The minimum absolute atomic E-state index is 0.0701. The van der Waals surface area contributed by atoms with E-state index in [9.17, 15) is 14.3 Å². The number of halogens is 2. The van der Waals surface area contributed by atoms with E-state index in [-0.39, 0.29) is 24.1 Å². The molecule has 0 aliphatic carbocycles. The number of aromatic nitrogens is 1. The zero-order valence-electron chi connectivity index (χ0n) is 19.4. The molecule has 3 aromatic carbocycles. The molecule has 1 saturated heterocycles. The van der Waals surface area contributed by atoms with Crippen LogP contribution in [-0.4, -0.2) is 46.2 Å². The van der Waals surface area contributed by atoms with Gasteiger partial charge in [-0.15, -0.1) is 0 Å². The van der Waals surface area contributed by atoms with Crippen molar-refractivity contribution in [3.8, 4) is 28.3 Å². The Kier molecular flexibility index (Phi) is 6.27. The molecule has 0 bridgehead atoms. The largest absolute Gasteiger partial charge is 0.395 e. The van der Waals surface area contributed by atoms with Gasteiger partial charge in [0.15, 0.2) is 0 Å². The molecule has 1 atom stereocenters. The molecule has 1 aromatic heterocycles. The number of amides is 1. The monoisotopic (exact) mass is 486 g/mol. The third-order valence-electron chi connectivity index (χ3n) is 6.67. The minimum Gasteiger partial charge on any atom is -0.395 e. The summed E-state index contributed by atoms with van der Waals surface area (Å²) < 4.78 is 31.8. The lowest BCUT2D eigenvalue weighted by molar-refractivity contribution is 0.0791. The first-order chi connectivity index (χ1) is 17.4. The maximum Gasteiger partial charge on any atom is 0.253 e. The summed E-state index contributed by atoms with van der Waals surface area (Å²) >= 11 is 0. The van der Waals surface area contributed by atoms with Crippen LogP contribution in [0.15, 0.2) is 60.8 Å². The second kappa shape index (κ2) is 9.53. The van der Waals surface area contributed by atoms with Crippen molar-refractivity contribution in [2.45, 2.75) is 19.0 Å². The summed E-state index contributed by atoms with van der Waals surface area (Å²) in [6.45, 7) is 1.28. The van der Waals surface area contributed by atoms with Gasteiger partial charge in [-0.05, 0) is 65.6 Å². The number of likely N-dealkylation sites (tertiary alicyclic amines) is 1. The zero-order chi connectivity index (χ0) is 25.4. The summed E-state index contributed by atoms with van der Waals surface area (Å²) in [5.74, 6) is -1.37. The molecule has 2 heterocycles. The Morgan fingerprint density at radius 1 is 1.06 bits per heavy atom. The molecule has 1 fully saturated rings. The van der Waals surface area contributed by atoms with Gasteiger partial charge in [0.05, 0.1) is 17.7 Å². The molecule has 6 nitrogen and oxygen atoms in total. The zero-order valence-corrected chi connectivity index (χ0v) is 19.4. The van der Waals surface area contributed by atoms with E-state index in [4.69, 9.17) is 11.0 Å². The number of carbonyl (C=O) groups excluding carboxylic acids is 1. The molecular weight excluding hydrogens is 462 g/mol. The highest BCUT2D eigenvalue weighted by Crippen LogP contribution is 2.37. The van der Waals surface area contributed by atoms with Gasteiger partial charge in [-0.2, -0.15) is 5.26 Å². The molecule has 0 radical (unpaired) electrons. The molecule has 1 amide bonds. The number of rotatable bonds is 5. The molecule has 8 heteroatoms. The normalized spacial score (nSPS) is 15.4. The summed E-state index contributed by atoms with van der Waals surface area (Å²) in [4.78, 5) is 14.8. The summed E-state index contributed by atoms with van der Waals surface area (Å²) in [7, 11) is 0. The highest BCUT2D eigenvalue weighted by atomic mass is 19.1. The minimum atomic E-state index is -0.694. The lowest BCUT2D eigenvalue weighted by Crippen LogP contribution is -2.31. The van der Waals surface area contributed by atoms with Crippen LogP contribution in [0.2, 0.25) is 0 Å². The Morgan fingerprint density at radius 3 is 2.58 bits per heavy atom. The Hall–Kier alpha value is -4.06. The highest BCUT2D eigenvalue weighted by molar-refractivity contribution is 5.99. The molecule has 182 valence electrons. The lowest BCUT2D eigenvalue weighted by atomic mass is 9.91. The van der Waals surface area contributed by atoms with E-state index in [1.807, 2.05) is 6.07 Å². The molecule has 1 aliphatic heterocycles. The van der Waals surface area contributed by atoms with Crippen molar-refractivity contribution in [3.05, 3.63) is 83.6 Å². The van der Waals surface area contributed by atoms with Crippen molar-refractivity contribution >= 4 is 16.8 Å². The number of nitrogens with two attached hydrogens (primary N) is 1. The maximum absolute atomic E-state index is 15.5. The summed E-state index contributed by atoms with van der Waals surface area (Å²) in [6.07, 6.45) is 2.50. The standard InChI is InChI=1S/C28H24F2N4O2/c29-25-13-17(1-2-20(25)15-31)23-12-19(28(36)34-8-6-21(32)16-34)3-4-22(23)24-11-18-5-7-33(9-10-35)27(18)14-26(24)30/h1-5,7,11-14,21,35H,6,8-10,16,32H2. The van der Waals surface area contributed by atoms with Crippen molar-refractivity contribution < 1.29 is 18.7 Å². The second-order valence-corrected chi connectivity index (χ2v) is 8.99. The number of aliphatic hydroxyl groups excluding tert-OH is 1. The predicted octanol–water partition coefficient (Wildman–Crippen LogP) is 4.29. The van der Waals surface area contributed by atoms with Crippen LogP contribution in [0.4, 0.5) is 8.78 Å². The van der Waals surface area contributed by atoms with Crippen LogP contribution in [0.1, 0.15) is 22.3 Å². The fourth-order valence-corrected chi connectivity index (χ4v) is 4.80. The summed E-state index contributed by atoms with van der Waals surface area (Å²) in [5.41, 5.74) is 8.59. The first kappa shape index (κ1) is 23.7. The molecule has 0 saturated carbocycles. The second-order valence-electron chi connectivity index (χ2n) is 8.99. The molecule has 3 N–H and O–H groups in total. The number of nitrogens with zero attached hydrogens (tertiary/aromatic N) is 3. The van der Waals surface area contributed by atoms with E-state index >= 15 is 4.39 Å². The number of benzene rings is 3.